The number of ketones is 1. The number of benzene rings is 1. The zero-order chi connectivity index (χ0) is 16.8. The summed E-state index contributed by atoms with van der Waals surface area (Å²) in [5.41, 5.74) is 0. The van der Waals surface area contributed by atoms with E-state index in [-0.39, 0.29) is 18.1 Å². The highest BCUT2D eigenvalue weighted by Gasteiger charge is 2.09. The summed E-state index contributed by atoms with van der Waals surface area (Å²) < 4.78 is 5.50. The molecule has 0 bridgehead atoms. The zero-order valence-electron chi connectivity index (χ0n) is 12.3. The van der Waals surface area contributed by atoms with E-state index >= 15 is 0 Å². The van der Waals surface area contributed by atoms with Gasteiger partial charge in [-0.2, -0.15) is 0 Å². The van der Waals surface area contributed by atoms with Crippen LogP contribution in [0.4, 0.5) is 5.13 Å². The molecule has 1 heterocycles. The fourth-order valence-electron chi connectivity index (χ4n) is 1.68. The predicted molar refractivity (Wildman–Crippen MR) is 91.9 cm³/mol. The van der Waals surface area contributed by atoms with Crippen LogP contribution >= 0.6 is 34.5 Å². The number of amides is 1. The Labute approximate surface area is 147 Å². The van der Waals surface area contributed by atoms with Crippen molar-refractivity contribution in [3.8, 4) is 5.75 Å². The van der Waals surface area contributed by atoms with E-state index < -0.39 is 0 Å². The first-order chi connectivity index (χ1) is 11.0. The molecule has 1 amide bonds. The number of rotatable bonds is 7. The molecular formula is C15H14Cl2N2O3S. The average Bonchev–Trinajstić information content (AvgIpc) is 2.94. The molecule has 1 aromatic heterocycles. The SMILES string of the molecule is CC(=O)c1cnc(NC(=O)CCCOc2ccc(Cl)cc2Cl)s1. The number of anilines is 1. The summed E-state index contributed by atoms with van der Waals surface area (Å²) in [6, 6.07) is 4.97. The molecule has 0 fully saturated rings. The van der Waals surface area contributed by atoms with Gasteiger partial charge in [-0.15, -0.1) is 0 Å². The molecule has 0 spiro atoms. The van der Waals surface area contributed by atoms with Crippen molar-refractivity contribution in [3.63, 3.8) is 0 Å². The van der Waals surface area contributed by atoms with Gasteiger partial charge in [0.1, 0.15) is 5.75 Å². The van der Waals surface area contributed by atoms with Gasteiger partial charge >= 0.3 is 0 Å². The monoisotopic (exact) mass is 372 g/mol. The Morgan fingerprint density at radius 2 is 2.13 bits per heavy atom. The van der Waals surface area contributed by atoms with E-state index in [2.05, 4.69) is 10.3 Å². The van der Waals surface area contributed by atoms with Gasteiger partial charge < -0.3 is 10.1 Å². The quantitative estimate of drug-likeness (QED) is 0.575. The van der Waals surface area contributed by atoms with Gasteiger partial charge in [-0.25, -0.2) is 4.98 Å². The number of hydrogen-bond donors (Lipinski definition) is 1. The predicted octanol–water partition coefficient (Wildman–Crippen LogP) is 4.45. The summed E-state index contributed by atoms with van der Waals surface area (Å²) in [4.78, 5) is 27.4. The van der Waals surface area contributed by atoms with Crippen molar-refractivity contribution in [1.29, 1.82) is 0 Å². The number of halogens is 2. The van der Waals surface area contributed by atoms with E-state index in [0.717, 1.165) is 11.3 Å². The lowest BCUT2D eigenvalue weighted by atomic mass is 10.3. The summed E-state index contributed by atoms with van der Waals surface area (Å²) in [5.74, 6) is 0.277. The van der Waals surface area contributed by atoms with Gasteiger partial charge in [0.05, 0.1) is 22.7 Å². The van der Waals surface area contributed by atoms with Crippen molar-refractivity contribution in [2.75, 3.05) is 11.9 Å². The Morgan fingerprint density at radius 1 is 1.35 bits per heavy atom. The first kappa shape index (κ1) is 17.7. The average molecular weight is 373 g/mol. The maximum absolute atomic E-state index is 11.8. The van der Waals surface area contributed by atoms with E-state index in [1.165, 1.54) is 13.1 Å². The molecule has 23 heavy (non-hydrogen) atoms. The van der Waals surface area contributed by atoms with Crippen LogP contribution in [0, 0.1) is 0 Å². The molecule has 8 heteroatoms. The molecular weight excluding hydrogens is 359 g/mol. The zero-order valence-corrected chi connectivity index (χ0v) is 14.6. The lowest BCUT2D eigenvalue weighted by Gasteiger charge is -2.08. The van der Waals surface area contributed by atoms with Crippen molar-refractivity contribution in [2.24, 2.45) is 0 Å². The van der Waals surface area contributed by atoms with Crippen molar-refractivity contribution in [3.05, 3.63) is 39.3 Å². The van der Waals surface area contributed by atoms with Crippen LogP contribution in [0.25, 0.3) is 0 Å². The number of ether oxygens (including phenoxy) is 1. The molecule has 0 unspecified atom stereocenters. The molecule has 5 nitrogen and oxygen atoms in total. The lowest BCUT2D eigenvalue weighted by molar-refractivity contribution is -0.116. The highest BCUT2D eigenvalue weighted by atomic mass is 35.5. The normalized spacial score (nSPS) is 10.4. The highest BCUT2D eigenvalue weighted by Crippen LogP contribution is 2.27. The van der Waals surface area contributed by atoms with Crippen LogP contribution in [0.5, 0.6) is 5.75 Å². The Kier molecular flexibility index (Phi) is 6.38. The van der Waals surface area contributed by atoms with Crippen molar-refractivity contribution in [1.82, 2.24) is 4.98 Å². The first-order valence-corrected chi connectivity index (χ1v) is 8.37. The Balaban J connectivity index is 1.73. The molecule has 0 aliphatic carbocycles. The fourth-order valence-corrected chi connectivity index (χ4v) is 2.87. The Bertz CT molecular complexity index is 718. The molecule has 0 atom stereocenters. The third-order valence-corrected chi connectivity index (χ3v) is 4.34. The van der Waals surface area contributed by atoms with E-state index in [1.807, 2.05) is 0 Å². The number of aromatic nitrogens is 1. The molecule has 0 radical (unpaired) electrons. The minimum Gasteiger partial charge on any atom is -0.492 e. The molecule has 1 N–H and O–H groups in total. The fraction of sp³-hybridized carbons (Fsp3) is 0.267. The van der Waals surface area contributed by atoms with E-state index in [4.69, 9.17) is 27.9 Å². The lowest BCUT2D eigenvalue weighted by Crippen LogP contribution is -2.12. The van der Waals surface area contributed by atoms with Gasteiger partial charge in [-0.3, -0.25) is 9.59 Å². The minimum atomic E-state index is -0.180. The van der Waals surface area contributed by atoms with Crippen LogP contribution in [0.3, 0.4) is 0 Å². The minimum absolute atomic E-state index is 0.0729. The summed E-state index contributed by atoms with van der Waals surface area (Å²) >= 11 is 12.9. The molecule has 2 aromatic rings. The molecule has 0 aliphatic rings. The van der Waals surface area contributed by atoms with Crippen LogP contribution in [0.1, 0.15) is 29.4 Å². The molecule has 0 aliphatic heterocycles. The van der Waals surface area contributed by atoms with Gasteiger partial charge in [0.15, 0.2) is 10.9 Å². The van der Waals surface area contributed by atoms with Gasteiger partial charge in [0.2, 0.25) is 5.91 Å². The van der Waals surface area contributed by atoms with Crippen LogP contribution in [0.15, 0.2) is 24.4 Å². The maximum atomic E-state index is 11.8. The summed E-state index contributed by atoms with van der Waals surface area (Å²) in [5, 5.41) is 4.04. The number of Topliss-reactive ketones (excluding diaryl/α,β-unsaturated/α-hetero) is 1. The van der Waals surface area contributed by atoms with Gasteiger partial charge in [0.25, 0.3) is 0 Å². The molecule has 1 aromatic carbocycles. The highest BCUT2D eigenvalue weighted by molar-refractivity contribution is 7.17. The second-order valence-corrected chi connectivity index (χ2v) is 6.54. The second-order valence-electron chi connectivity index (χ2n) is 4.66. The second kappa shape index (κ2) is 8.29. The van der Waals surface area contributed by atoms with Gasteiger partial charge in [-0.05, 0) is 24.6 Å². The maximum Gasteiger partial charge on any atom is 0.226 e. The summed E-state index contributed by atoms with van der Waals surface area (Å²) in [6.07, 6.45) is 2.25. The number of thiazole rings is 1. The van der Waals surface area contributed by atoms with E-state index in [9.17, 15) is 9.59 Å². The molecule has 122 valence electrons. The first-order valence-electron chi connectivity index (χ1n) is 6.80. The molecule has 0 saturated heterocycles. The Hall–Kier alpha value is -1.63. The van der Waals surface area contributed by atoms with Crippen LogP contribution in [-0.4, -0.2) is 23.3 Å². The van der Waals surface area contributed by atoms with Crippen LogP contribution in [-0.2, 0) is 4.79 Å². The third-order valence-electron chi connectivity index (χ3n) is 2.80. The largest absolute Gasteiger partial charge is 0.492 e. The summed E-state index contributed by atoms with van der Waals surface area (Å²) in [6.45, 7) is 1.81. The van der Waals surface area contributed by atoms with E-state index in [0.29, 0.717) is 38.8 Å². The smallest absolute Gasteiger partial charge is 0.226 e. The number of hydrogen-bond acceptors (Lipinski definition) is 5. The summed E-state index contributed by atoms with van der Waals surface area (Å²) in [7, 11) is 0. The topological polar surface area (TPSA) is 68.3 Å². The van der Waals surface area contributed by atoms with Crippen LogP contribution < -0.4 is 10.1 Å². The standard InChI is InChI=1S/C15H14Cl2N2O3S/c1-9(20)13-8-18-15(23-13)19-14(21)3-2-6-22-12-5-4-10(16)7-11(12)17/h4-5,7-8H,2-3,6H2,1H3,(H,18,19,21). The number of nitrogens with zero attached hydrogens (tertiary/aromatic N) is 1. The number of carbonyl (C=O) groups is 2. The van der Waals surface area contributed by atoms with Crippen molar-refractivity contribution in [2.45, 2.75) is 19.8 Å². The number of carbonyl (C=O) groups excluding carboxylic acids is 2. The van der Waals surface area contributed by atoms with Crippen molar-refractivity contribution < 1.29 is 14.3 Å². The van der Waals surface area contributed by atoms with Crippen molar-refractivity contribution >= 4 is 51.4 Å². The third kappa shape index (κ3) is 5.49. The van der Waals surface area contributed by atoms with Gasteiger partial charge in [0, 0.05) is 18.4 Å². The van der Waals surface area contributed by atoms with E-state index in [1.54, 1.807) is 18.2 Å². The molecule has 0 saturated carbocycles. The number of nitrogens with one attached hydrogen (secondary N) is 1. The van der Waals surface area contributed by atoms with Crippen LogP contribution in [0.2, 0.25) is 10.0 Å². The van der Waals surface area contributed by atoms with Gasteiger partial charge in [-0.1, -0.05) is 34.5 Å². The molecule has 2 rings (SSSR count). The Morgan fingerprint density at radius 3 is 2.78 bits per heavy atom.